The number of hydrogen-bond acceptors (Lipinski definition) is 4. The van der Waals surface area contributed by atoms with Gasteiger partial charge >= 0.3 is 0 Å². The maximum atomic E-state index is 14.5. The third kappa shape index (κ3) is 3.75. The van der Waals surface area contributed by atoms with Crippen molar-refractivity contribution in [3.8, 4) is 5.75 Å². The molecule has 0 saturated carbocycles. The fourth-order valence-corrected chi connectivity index (χ4v) is 5.38. The van der Waals surface area contributed by atoms with E-state index in [2.05, 4.69) is 0 Å². The Morgan fingerprint density at radius 2 is 1.85 bits per heavy atom. The first-order chi connectivity index (χ1) is 13.1. The molecule has 0 atom stereocenters. The smallest absolute Gasteiger partial charge is 0.264 e. The summed E-state index contributed by atoms with van der Waals surface area (Å²) in [6, 6.07) is 14.1. The summed E-state index contributed by atoms with van der Waals surface area (Å²) in [7, 11) is -0.861. The van der Waals surface area contributed by atoms with Crippen molar-refractivity contribution in [2.24, 2.45) is 0 Å². The van der Waals surface area contributed by atoms with Gasteiger partial charge in [0, 0.05) is 51.0 Å². The summed E-state index contributed by atoms with van der Waals surface area (Å²) < 4.78 is 32.7. The van der Waals surface area contributed by atoms with Crippen LogP contribution in [0.3, 0.4) is 0 Å². The van der Waals surface area contributed by atoms with E-state index in [9.17, 15) is 13.4 Å². The molecule has 0 unspecified atom stereocenters. The number of carbonyl (C=O) groups excluding carboxylic acids is 1. The van der Waals surface area contributed by atoms with E-state index in [4.69, 9.17) is 4.74 Å². The molecule has 4 rings (SSSR count). The summed E-state index contributed by atoms with van der Waals surface area (Å²) in [5.41, 5.74) is 0.577. The van der Waals surface area contributed by atoms with E-state index in [1.165, 1.54) is 17.4 Å². The molecule has 0 spiro atoms. The highest BCUT2D eigenvalue weighted by atomic mass is 32.2. The minimum Gasteiger partial charge on any atom is -0.489 e. The van der Waals surface area contributed by atoms with Crippen LogP contribution >= 0.6 is 11.3 Å². The van der Waals surface area contributed by atoms with Crippen LogP contribution in [0.4, 0.5) is 4.39 Å². The lowest BCUT2D eigenvalue weighted by Crippen LogP contribution is -2.41. The number of para-hydroxylation sites is 1. The molecule has 1 fully saturated rings. The normalized spacial score (nSPS) is 15.2. The van der Waals surface area contributed by atoms with Gasteiger partial charge in [-0.15, -0.1) is 11.3 Å². The predicted octanol–water partition coefficient (Wildman–Crippen LogP) is 3.82. The van der Waals surface area contributed by atoms with Gasteiger partial charge in [0.2, 0.25) is 0 Å². The number of thiophene rings is 1. The van der Waals surface area contributed by atoms with E-state index in [1.807, 2.05) is 36.4 Å². The second kappa shape index (κ2) is 7.78. The summed E-state index contributed by atoms with van der Waals surface area (Å²) in [5.74, 6) is 1.15. The SMILES string of the molecule is O=C(c1sc2cccc(F)c2c1COc1ccccc1)N1CCS(=O)CC1. The fraction of sp³-hybridized carbons (Fsp3) is 0.250. The number of fused-ring (bicyclic) bond motifs is 1. The predicted molar refractivity (Wildman–Crippen MR) is 106 cm³/mol. The van der Waals surface area contributed by atoms with E-state index < -0.39 is 10.8 Å². The second-order valence-electron chi connectivity index (χ2n) is 6.26. The zero-order chi connectivity index (χ0) is 18.8. The van der Waals surface area contributed by atoms with Gasteiger partial charge in [0.1, 0.15) is 18.2 Å². The molecular weight excluding hydrogens is 385 g/mol. The molecule has 1 saturated heterocycles. The van der Waals surface area contributed by atoms with Crippen LogP contribution < -0.4 is 4.74 Å². The zero-order valence-electron chi connectivity index (χ0n) is 14.5. The van der Waals surface area contributed by atoms with Crippen molar-refractivity contribution in [2.75, 3.05) is 24.6 Å². The first-order valence-corrected chi connectivity index (χ1v) is 11.0. The maximum Gasteiger partial charge on any atom is 0.264 e. The topological polar surface area (TPSA) is 46.6 Å². The van der Waals surface area contributed by atoms with Crippen molar-refractivity contribution < 1.29 is 18.1 Å². The zero-order valence-corrected chi connectivity index (χ0v) is 16.2. The quantitative estimate of drug-likeness (QED) is 0.665. The molecular formula is C20H18FNO3S2. The van der Waals surface area contributed by atoms with Gasteiger partial charge in [-0.2, -0.15) is 0 Å². The van der Waals surface area contributed by atoms with Gasteiger partial charge < -0.3 is 9.64 Å². The van der Waals surface area contributed by atoms with Crippen LogP contribution in [0.25, 0.3) is 10.1 Å². The Hall–Kier alpha value is -2.25. The molecule has 1 aliphatic rings. The van der Waals surface area contributed by atoms with Crippen molar-refractivity contribution in [2.45, 2.75) is 6.61 Å². The summed E-state index contributed by atoms with van der Waals surface area (Å²) >= 11 is 1.29. The standard InChI is InChI=1S/C20H18FNO3S2/c21-16-7-4-8-17-18(16)15(13-25-14-5-2-1-3-6-14)19(26-17)20(23)22-9-11-27(24)12-10-22/h1-8H,9-13H2. The fourth-order valence-electron chi connectivity index (χ4n) is 3.13. The Labute approximate surface area is 163 Å². The molecule has 0 N–H and O–H groups in total. The summed E-state index contributed by atoms with van der Waals surface area (Å²) in [6.07, 6.45) is 0. The summed E-state index contributed by atoms with van der Waals surface area (Å²) in [6.45, 7) is 1.04. The molecule has 3 aromatic rings. The van der Waals surface area contributed by atoms with Gasteiger partial charge in [-0.3, -0.25) is 9.00 Å². The third-order valence-electron chi connectivity index (χ3n) is 4.55. The highest BCUT2D eigenvalue weighted by molar-refractivity contribution is 7.85. The number of benzene rings is 2. The second-order valence-corrected chi connectivity index (χ2v) is 9.01. The first kappa shape index (κ1) is 18.1. The van der Waals surface area contributed by atoms with Crippen LogP contribution in [0, 0.1) is 5.82 Å². The summed E-state index contributed by atoms with van der Waals surface area (Å²) in [4.78, 5) is 15.3. The molecule has 0 radical (unpaired) electrons. The van der Waals surface area contributed by atoms with Gasteiger partial charge in [0.15, 0.2) is 0 Å². The van der Waals surface area contributed by atoms with Crippen LogP contribution in [0.2, 0.25) is 0 Å². The number of amides is 1. The van der Waals surface area contributed by atoms with Crippen molar-refractivity contribution >= 4 is 38.1 Å². The lowest BCUT2D eigenvalue weighted by molar-refractivity contribution is 0.0773. The van der Waals surface area contributed by atoms with E-state index in [0.29, 0.717) is 46.2 Å². The van der Waals surface area contributed by atoms with E-state index in [-0.39, 0.29) is 18.3 Å². The molecule has 27 heavy (non-hydrogen) atoms. The highest BCUT2D eigenvalue weighted by Crippen LogP contribution is 2.35. The molecule has 140 valence electrons. The van der Waals surface area contributed by atoms with Gasteiger partial charge in [0.25, 0.3) is 5.91 Å². The lowest BCUT2D eigenvalue weighted by Gasteiger charge is -2.26. The molecule has 0 bridgehead atoms. The van der Waals surface area contributed by atoms with Crippen molar-refractivity contribution in [1.29, 1.82) is 0 Å². The van der Waals surface area contributed by atoms with Gasteiger partial charge in [-0.05, 0) is 24.3 Å². The Morgan fingerprint density at radius 1 is 1.11 bits per heavy atom. The average molecular weight is 404 g/mol. The maximum absolute atomic E-state index is 14.5. The highest BCUT2D eigenvalue weighted by Gasteiger charge is 2.27. The molecule has 1 amide bonds. The van der Waals surface area contributed by atoms with Crippen molar-refractivity contribution in [1.82, 2.24) is 4.90 Å². The van der Waals surface area contributed by atoms with Crippen molar-refractivity contribution in [3.63, 3.8) is 0 Å². The van der Waals surface area contributed by atoms with Crippen LogP contribution in [-0.2, 0) is 17.4 Å². The number of ether oxygens (including phenoxy) is 1. The Bertz CT molecular complexity index is 993. The number of hydrogen-bond donors (Lipinski definition) is 0. The lowest BCUT2D eigenvalue weighted by atomic mass is 10.1. The molecule has 1 aromatic heterocycles. The van der Waals surface area contributed by atoms with Crippen LogP contribution in [0.5, 0.6) is 5.75 Å². The molecule has 1 aliphatic heterocycles. The van der Waals surface area contributed by atoms with Crippen LogP contribution in [0.15, 0.2) is 48.5 Å². The minimum atomic E-state index is -0.861. The van der Waals surface area contributed by atoms with Crippen LogP contribution in [0.1, 0.15) is 15.2 Å². The Morgan fingerprint density at radius 3 is 2.59 bits per heavy atom. The monoisotopic (exact) mass is 403 g/mol. The minimum absolute atomic E-state index is 0.117. The van der Waals surface area contributed by atoms with Gasteiger partial charge in [0.05, 0.1) is 4.88 Å². The van der Waals surface area contributed by atoms with Crippen molar-refractivity contribution in [3.05, 3.63) is 64.8 Å². The first-order valence-electron chi connectivity index (χ1n) is 8.65. The Balaban J connectivity index is 1.69. The van der Waals surface area contributed by atoms with Gasteiger partial charge in [-0.25, -0.2) is 4.39 Å². The average Bonchev–Trinajstić information content (AvgIpc) is 3.07. The van der Waals surface area contributed by atoms with E-state index in [1.54, 1.807) is 11.0 Å². The van der Waals surface area contributed by atoms with Gasteiger partial charge in [-0.1, -0.05) is 24.3 Å². The number of nitrogens with zero attached hydrogens (tertiary/aromatic N) is 1. The molecule has 2 aromatic carbocycles. The van der Waals surface area contributed by atoms with Crippen LogP contribution in [-0.4, -0.2) is 39.6 Å². The molecule has 4 nitrogen and oxygen atoms in total. The third-order valence-corrected chi connectivity index (χ3v) is 7.01. The summed E-state index contributed by atoms with van der Waals surface area (Å²) in [5, 5.41) is 0.447. The van der Waals surface area contributed by atoms with E-state index >= 15 is 0 Å². The van der Waals surface area contributed by atoms with E-state index in [0.717, 1.165) is 4.70 Å². The number of halogens is 1. The Kier molecular flexibility index (Phi) is 5.22. The molecule has 7 heteroatoms. The molecule has 2 heterocycles. The molecule has 0 aliphatic carbocycles. The largest absolute Gasteiger partial charge is 0.489 e. The number of carbonyl (C=O) groups is 1. The number of rotatable bonds is 4.